The van der Waals surface area contributed by atoms with Gasteiger partial charge in [0.1, 0.15) is 5.78 Å². The fourth-order valence-electron chi connectivity index (χ4n) is 3.45. The fraction of sp³-hybridized carbons (Fsp3) is 0.263. The van der Waals surface area contributed by atoms with Crippen molar-refractivity contribution >= 4 is 45.9 Å². The van der Waals surface area contributed by atoms with Crippen LogP contribution in [0.1, 0.15) is 29.4 Å². The van der Waals surface area contributed by atoms with Crippen LogP contribution in [0.5, 0.6) is 0 Å². The van der Waals surface area contributed by atoms with Crippen molar-refractivity contribution in [2.45, 2.75) is 18.3 Å². The Kier molecular flexibility index (Phi) is 5.33. The molecule has 0 N–H and O–H groups in total. The van der Waals surface area contributed by atoms with Crippen molar-refractivity contribution < 1.29 is 9.59 Å². The van der Waals surface area contributed by atoms with Gasteiger partial charge in [0.25, 0.3) is 0 Å². The molecule has 1 aliphatic carbocycles. The lowest BCUT2D eigenvalue weighted by Crippen LogP contribution is -2.22. The molecule has 0 unspecified atom stereocenters. The van der Waals surface area contributed by atoms with E-state index in [1.54, 1.807) is 18.4 Å². The first-order chi connectivity index (χ1) is 11.5. The Morgan fingerprint density at radius 3 is 1.96 bits per heavy atom. The van der Waals surface area contributed by atoms with Gasteiger partial charge in [-0.2, -0.15) is 0 Å². The monoisotopic (exact) mass is 378 g/mol. The Labute approximate surface area is 155 Å². The average molecular weight is 379 g/mol. The second-order valence-corrected chi connectivity index (χ2v) is 7.59. The molecule has 0 aromatic heterocycles. The van der Waals surface area contributed by atoms with Gasteiger partial charge in [-0.3, -0.25) is 9.59 Å². The normalized spacial score (nSPS) is 23.5. The Morgan fingerprint density at radius 2 is 1.46 bits per heavy atom. The van der Waals surface area contributed by atoms with E-state index in [0.29, 0.717) is 16.5 Å². The summed E-state index contributed by atoms with van der Waals surface area (Å²) in [5.41, 5.74) is 2.00. The number of hydrogen-bond donors (Lipinski definition) is 0. The average Bonchev–Trinajstić information content (AvgIpc) is 2.93. The molecule has 2 aromatic rings. The van der Waals surface area contributed by atoms with E-state index in [1.807, 2.05) is 36.4 Å². The molecule has 0 bridgehead atoms. The summed E-state index contributed by atoms with van der Waals surface area (Å²) in [5.74, 6) is -0.802. The number of Topliss-reactive ketones (excluding diaryl/α,β-unsaturated/α-hetero) is 1. The maximum Gasteiger partial charge on any atom is 0.199 e. The van der Waals surface area contributed by atoms with Gasteiger partial charge in [-0.1, -0.05) is 59.2 Å². The number of rotatable bonds is 3. The molecular formula is C19H16Cl2O2S. The molecule has 3 rings (SSSR count). The predicted octanol–water partition coefficient (Wildman–Crippen LogP) is 5.34. The van der Waals surface area contributed by atoms with Gasteiger partial charge in [-0.05, 0) is 47.6 Å². The van der Waals surface area contributed by atoms with E-state index in [2.05, 4.69) is 0 Å². The van der Waals surface area contributed by atoms with Crippen molar-refractivity contribution in [3.8, 4) is 0 Å². The summed E-state index contributed by atoms with van der Waals surface area (Å²) in [6.45, 7) is 0. The molecule has 2 nitrogen and oxygen atoms in total. The topological polar surface area (TPSA) is 34.1 Å². The lowest BCUT2D eigenvalue weighted by Gasteiger charge is -2.24. The summed E-state index contributed by atoms with van der Waals surface area (Å²) in [6.07, 6.45) is 2.09. The van der Waals surface area contributed by atoms with Crippen molar-refractivity contribution in [1.82, 2.24) is 0 Å². The maximum atomic E-state index is 12.6. The summed E-state index contributed by atoms with van der Waals surface area (Å²) >= 11 is 13.1. The van der Waals surface area contributed by atoms with Crippen molar-refractivity contribution in [3.05, 3.63) is 69.7 Å². The van der Waals surface area contributed by atoms with Crippen LogP contribution in [-0.2, 0) is 9.59 Å². The highest BCUT2D eigenvalue weighted by Crippen LogP contribution is 2.49. The zero-order valence-electron chi connectivity index (χ0n) is 13.0. The molecule has 0 heterocycles. The number of carbonyl (C=O) groups excluding carboxylic acids is 2. The second kappa shape index (κ2) is 7.30. The third-order valence-electron chi connectivity index (χ3n) is 4.57. The van der Waals surface area contributed by atoms with Gasteiger partial charge in [-0.15, -0.1) is 0 Å². The molecule has 0 saturated heterocycles. The summed E-state index contributed by atoms with van der Waals surface area (Å²) in [6, 6.07) is 15.0. The highest BCUT2D eigenvalue weighted by atomic mass is 35.5. The molecule has 2 aromatic carbocycles. The van der Waals surface area contributed by atoms with Gasteiger partial charge in [0.15, 0.2) is 5.12 Å². The lowest BCUT2D eigenvalue weighted by atomic mass is 9.80. The lowest BCUT2D eigenvalue weighted by molar-refractivity contribution is -0.126. The fourth-order valence-corrected chi connectivity index (χ4v) is 4.24. The SMILES string of the molecule is CSC(=O)[C@H]1C(=O)C[C@@H](c2ccc(Cl)cc2)[C@@H]1c1ccc(Cl)cc1. The molecule has 1 saturated carbocycles. The number of benzene rings is 2. The first kappa shape index (κ1) is 17.5. The minimum Gasteiger partial charge on any atom is -0.299 e. The van der Waals surface area contributed by atoms with Crippen LogP contribution in [0.15, 0.2) is 48.5 Å². The van der Waals surface area contributed by atoms with Gasteiger partial charge in [0, 0.05) is 22.4 Å². The van der Waals surface area contributed by atoms with Crippen LogP contribution in [-0.4, -0.2) is 17.2 Å². The van der Waals surface area contributed by atoms with Gasteiger partial charge < -0.3 is 0 Å². The van der Waals surface area contributed by atoms with Gasteiger partial charge in [0.05, 0.1) is 5.92 Å². The van der Waals surface area contributed by atoms with Gasteiger partial charge in [-0.25, -0.2) is 0 Å². The Morgan fingerprint density at radius 1 is 0.958 bits per heavy atom. The summed E-state index contributed by atoms with van der Waals surface area (Å²) in [5, 5.41) is 1.22. The van der Waals surface area contributed by atoms with Crippen LogP contribution in [0, 0.1) is 5.92 Å². The van der Waals surface area contributed by atoms with Crippen LogP contribution < -0.4 is 0 Å². The molecule has 0 spiro atoms. The van der Waals surface area contributed by atoms with Crippen LogP contribution in [0.3, 0.4) is 0 Å². The first-order valence-electron chi connectivity index (χ1n) is 7.62. The Balaban J connectivity index is 2.06. The van der Waals surface area contributed by atoms with Gasteiger partial charge in [0.2, 0.25) is 0 Å². The molecule has 124 valence electrons. The van der Waals surface area contributed by atoms with Gasteiger partial charge >= 0.3 is 0 Å². The highest BCUT2D eigenvalue weighted by Gasteiger charge is 2.47. The number of carbonyl (C=O) groups is 2. The molecule has 0 amide bonds. The third-order valence-corrected chi connectivity index (χ3v) is 5.73. The highest BCUT2D eigenvalue weighted by molar-refractivity contribution is 8.13. The van der Waals surface area contributed by atoms with Crippen LogP contribution in [0.25, 0.3) is 0 Å². The van der Waals surface area contributed by atoms with E-state index < -0.39 is 5.92 Å². The van der Waals surface area contributed by atoms with Crippen LogP contribution in [0.2, 0.25) is 10.0 Å². The molecule has 3 atom stereocenters. The van der Waals surface area contributed by atoms with Crippen molar-refractivity contribution in [1.29, 1.82) is 0 Å². The van der Waals surface area contributed by atoms with E-state index in [4.69, 9.17) is 23.2 Å². The largest absolute Gasteiger partial charge is 0.299 e. The zero-order valence-corrected chi connectivity index (χ0v) is 15.4. The minimum absolute atomic E-state index is 0.00856. The Bertz CT molecular complexity index is 756. The quantitative estimate of drug-likeness (QED) is 0.675. The van der Waals surface area contributed by atoms with Crippen LogP contribution in [0.4, 0.5) is 0 Å². The van der Waals surface area contributed by atoms with Crippen molar-refractivity contribution in [3.63, 3.8) is 0 Å². The summed E-state index contributed by atoms with van der Waals surface area (Å²) in [4.78, 5) is 25.0. The van der Waals surface area contributed by atoms with E-state index in [0.717, 1.165) is 22.9 Å². The summed E-state index contributed by atoms with van der Waals surface area (Å²) in [7, 11) is 0. The number of thioether (sulfide) groups is 1. The molecule has 1 fully saturated rings. The van der Waals surface area contributed by atoms with E-state index in [9.17, 15) is 9.59 Å². The van der Waals surface area contributed by atoms with E-state index in [-0.39, 0.29) is 22.7 Å². The predicted molar refractivity (Wildman–Crippen MR) is 100 cm³/mol. The number of hydrogen-bond acceptors (Lipinski definition) is 3. The van der Waals surface area contributed by atoms with E-state index in [1.165, 1.54) is 0 Å². The standard InChI is InChI=1S/C19H16Cl2O2S/c1-24-19(23)18-16(22)10-15(11-2-6-13(20)7-3-11)17(18)12-4-8-14(21)9-5-12/h2-9,15,17-18H,10H2,1H3/t15-,17-,18-/m0/s1. The van der Waals surface area contributed by atoms with E-state index >= 15 is 0 Å². The number of ketones is 1. The van der Waals surface area contributed by atoms with Crippen molar-refractivity contribution in [2.24, 2.45) is 5.92 Å². The molecule has 0 aliphatic heterocycles. The molecule has 5 heteroatoms. The number of halogens is 2. The van der Waals surface area contributed by atoms with Crippen molar-refractivity contribution in [2.75, 3.05) is 6.26 Å². The molecule has 24 heavy (non-hydrogen) atoms. The zero-order chi connectivity index (χ0) is 17.3. The maximum absolute atomic E-state index is 12.6. The molecule has 1 aliphatic rings. The van der Waals surface area contributed by atoms with Crippen LogP contribution >= 0.6 is 35.0 Å². The first-order valence-corrected chi connectivity index (χ1v) is 9.61. The molecule has 0 radical (unpaired) electrons. The third kappa shape index (κ3) is 3.39. The second-order valence-electron chi connectivity index (χ2n) is 5.91. The smallest absolute Gasteiger partial charge is 0.199 e. The minimum atomic E-state index is -0.609. The summed E-state index contributed by atoms with van der Waals surface area (Å²) < 4.78 is 0. The molecular weight excluding hydrogens is 363 g/mol. The Hall–Kier alpha value is -1.29.